The maximum atomic E-state index is 12.6. The van der Waals surface area contributed by atoms with Crippen LogP contribution in [0.25, 0.3) is 0 Å². The Morgan fingerprint density at radius 2 is 2.06 bits per heavy atom. The molecule has 0 aliphatic carbocycles. The van der Waals surface area contributed by atoms with Gasteiger partial charge in [0, 0.05) is 31.3 Å². The molecule has 1 unspecified atom stereocenters. The summed E-state index contributed by atoms with van der Waals surface area (Å²) in [5, 5.41) is 3.40. The van der Waals surface area contributed by atoms with Crippen molar-refractivity contribution in [3.63, 3.8) is 0 Å². The standard InChI is InChI=1S/C14H26N2O2/c1-11(2)15-12-5-4-8-16(13(12)17)14(3)6-9-18-10-7-14/h11-12,15H,4-10H2,1-3H3. The fraction of sp³-hybridized carbons (Fsp3) is 0.929. The minimum Gasteiger partial charge on any atom is -0.381 e. The summed E-state index contributed by atoms with van der Waals surface area (Å²) in [7, 11) is 0. The van der Waals surface area contributed by atoms with Crippen LogP contribution in [0.3, 0.4) is 0 Å². The Morgan fingerprint density at radius 1 is 1.39 bits per heavy atom. The van der Waals surface area contributed by atoms with E-state index in [1.54, 1.807) is 0 Å². The number of nitrogens with one attached hydrogen (secondary N) is 1. The van der Waals surface area contributed by atoms with Crippen LogP contribution >= 0.6 is 0 Å². The molecule has 0 aromatic carbocycles. The van der Waals surface area contributed by atoms with E-state index in [1.165, 1.54) is 0 Å². The van der Waals surface area contributed by atoms with Crippen LogP contribution in [-0.2, 0) is 9.53 Å². The molecule has 4 heteroatoms. The van der Waals surface area contributed by atoms with Gasteiger partial charge in [0.05, 0.1) is 6.04 Å². The number of hydrogen-bond acceptors (Lipinski definition) is 3. The summed E-state index contributed by atoms with van der Waals surface area (Å²) in [6, 6.07) is 0.375. The first-order valence-corrected chi connectivity index (χ1v) is 7.18. The van der Waals surface area contributed by atoms with E-state index in [-0.39, 0.29) is 11.6 Å². The second-order valence-corrected chi connectivity index (χ2v) is 6.12. The van der Waals surface area contributed by atoms with E-state index in [4.69, 9.17) is 4.74 Å². The third kappa shape index (κ3) is 2.86. The maximum absolute atomic E-state index is 12.6. The average Bonchev–Trinajstić information content (AvgIpc) is 2.32. The number of carbonyl (C=O) groups is 1. The predicted molar refractivity (Wildman–Crippen MR) is 71.5 cm³/mol. The number of piperidine rings is 1. The first-order chi connectivity index (χ1) is 8.53. The maximum Gasteiger partial charge on any atom is 0.240 e. The quantitative estimate of drug-likeness (QED) is 0.831. The molecule has 0 aromatic heterocycles. The molecule has 18 heavy (non-hydrogen) atoms. The molecule has 2 aliphatic rings. The first-order valence-electron chi connectivity index (χ1n) is 7.18. The third-order valence-corrected chi connectivity index (χ3v) is 4.19. The van der Waals surface area contributed by atoms with Gasteiger partial charge in [-0.3, -0.25) is 4.79 Å². The molecular formula is C14H26N2O2. The second-order valence-electron chi connectivity index (χ2n) is 6.12. The average molecular weight is 254 g/mol. The van der Waals surface area contributed by atoms with Crippen LogP contribution in [0.2, 0.25) is 0 Å². The summed E-state index contributed by atoms with van der Waals surface area (Å²) in [6.07, 6.45) is 4.01. The lowest BCUT2D eigenvalue weighted by molar-refractivity contribution is -0.146. The van der Waals surface area contributed by atoms with E-state index in [0.29, 0.717) is 11.9 Å². The van der Waals surface area contributed by atoms with Gasteiger partial charge in [-0.15, -0.1) is 0 Å². The Kier molecular flexibility index (Phi) is 4.28. The molecular weight excluding hydrogens is 228 g/mol. The molecule has 1 amide bonds. The van der Waals surface area contributed by atoms with Crippen molar-refractivity contribution in [3.8, 4) is 0 Å². The van der Waals surface area contributed by atoms with E-state index in [2.05, 4.69) is 31.0 Å². The minimum atomic E-state index is 0.00661. The monoisotopic (exact) mass is 254 g/mol. The van der Waals surface area contributed by atoms with Crippen LogP contribution in [0.15, 0.2) is 0 Å². The van der Waals surface area contributed by atoms with Gasteiger partial charge >= 0.3 is 0 Å². The van der Waals surface area contributed by atoms with E-state index < -0.39 is 0 Å². The summed E-state index contributed by atoms with van der Waals surface area (Å²) in [4.78, 5) is 14.7. The van der Waals surface area contributed by atoms with Crippen molar-refractivity contribution in [1.82, 2.24) is 10.2 Å². The van der Waals surface area contributed by atoms with Crippen LogP contribution < -0.4 is 5.32 Å². The van der Waals surface area contributed by atoms with E-state index in [1.807, 2.05) is 0 Å². The zero-order valence-corrected chi connectivity index (χ0v) is 11.9. The number of carbonyl (C=O) groups excluding carboxylic acids is 1. The van der Waals surface area contributed by atoms with Gasteiger partial charge in [-0.1, -0.05) is 13.8 Å². The Morgan fingerprint density at radius 3 is 2.67 bits per heavy atom. The highest BCUT2D eigenvalue weighted by Crippen LogP contribution is 2.30. The number of hydrogen-bond donors (Lipinski definition) is 1. The summed E-state index contributed by atoms with van der Waals surface area (Å²) in [5.41, 5.74) is 0.00661. The van der Waals surface area contributed by atoms with E-state index in [0.717, 1.165) is 45.4 Å². The van der Waals surface area contributed by atoms with Gasteiger partial charge in [-0.05, 0) is 32.6 Å². The summed E-state index contributed by atoms with van der Waals surface area (Å²) < 4.78 is 5.43. The summed E-state index contributed by atoms with van der Waals surface area (Å²) in [5.74, 6) is 0.291. The lowest BCUT2D eigenvalue weighted by Gasteiger charge is -2.47. The minimum absolute atomic E-state index is 0.00661. The van der Waals surface area contributed by atoms with Gasteiger partial charge in [0.1, 0.15) is 0 Å². The van der Waals surface area contributed by atoms with Crippen molar-refractivity contribution in [2.24, 2.45) is 0 Å². The third-order valence-electron chi connectivity index (χ3n) is 4.19. The Bertz CT molecular complexity index is 298. The van der Waals surface area contributed by atoms with Gasteiger partial charge in [0.15, 0.2) is 0 Å². The lowest BCUT2D eigenvalue weighted by atomic mass is 9.87. The Hall–Kier alpha value is -0.610. The zero-order chi connectivity index (χ0) is 13.2. The molecule has 0 aromatic rings. The molecule has 1 atom stereocenters. The highest BCUT2D eigenvalue weighted by Gasteiger charge is 2.41. The number of nitrogens with zero attached hydrogens (tertiary/aromatic N) is 1. The van der Waals surface area contributed by atoms with Crippen LogP contribution in [0.4, 0.5) is 0 Å². The van der Waals surface area contributed by atoms with Crippen molar-refractivity contribution in [2.45, 2.75) is 64.1 Å². The molecule has 2 fully saturated rings. The van der Waals surface area contributed by atoms with Crippen LogP contribution in [0.1, 0.15) is 46.5 Å². The highest BCUT2D eigenvalue weighted by molar-refractivity contribution is 5.83. The number of rotatable bonds is 3. The smallest absolute Gasteiger partial charge is 0.240 e. The SMILES string of the molecule is CC(C)NC1CCCN(C2(C)CCOCC2)C1=O. The Balaban J connectivity index is 2.05. The topological polar surface area (TPSA) is 41.6 Å². The molecule has 1 N–H and O–H groups in total. The van der Waals surface area contributed by atoms with Crippen molar-refractivity contribution in [1.29, 1.82) is 0 Å². The predicted octanol–water partition coefficient (Wildman–Crippen LogP) is 1.54. The molecule has 4 nitrogen and oxygen atoms in total. The zero-order valence-electron chi connectivity index (χ0n) is 11.9. The van der Waals surface area contributed by atoms with Crippen LogP contribution in [0, 0.1) is 0 Å². The second kappa shape index (κ2) is 5.57. The van der Waals surface area contributed by atoms with Gasteiger partial charge in [0.25, 0.3) is 0 Å². The van der Waals surface area contributed by atoms with Crippen molar-refractivity contribution in [2.75, 3.05) is 19.8 Å². The lowest BCUT2D eigenvalue weighted by Crippen LogP contribution is -2.61. The van der Waals surface area contributed by atoms with Crippen LogP contribution in [0.5, 0.6) is 0 Å². The molecule has 2 rings (SSSR count). The molecule has 0 spiro atoms. The fourth-order valence-electron chi connectivity index (χ4n) is 3.05. The normalized spacial score (nSPS) is 28.8. The number of ether oxygens (including phenoxy) is 1. The van der Waals surface area contributed by atoms with Crippen molar-refractivity contribution in [3.05, 3.63) is 0 Å². The molecule has 2 heterocycles. The highest BCUT2D eigenvalue weighted by atomic mass is 16.5. The summed E-state index contributed by atoms with van der Waals surface area (Å²) >= 11 is 0. The molecule has 0 radical (unpaired) electrons. The summed E-state index contributed by atoms with van der Waals surface area (Å²) in [6.45, 7) is 8.88. The first kappa shape index (κ1) is 13.8. The van der Waals surface area contributed by atoms with Gasteiger partial charge in [-0.2, -0.15) is 0 Å². The number of likely N-dealkylation sites (tertiary alicyclic amines) is 1. The number of amides is 1. The molecule has 0 saturated carbocycles. The van der Waals surface area contributed by atoms with Gasteiger partial charge in [-0.25, -0.2) is 0 Å². The molecule has 2 saturated heterocycles. The Labute approximate surface area is 110 Å². The molecule has 104 valence electrons. The van der Waals surface area contributed by atoms with Gasteiger partial charge in [0.2, 0.25) is 5.91 Å². The van der Waals surface area contributed by atoms with E-state index >= 15 is 0 Å². The van der Waals surface area contributed by atoms with E-state index in [9.17, 15) is 4.79 Å². The molecule has 2 aliphatic heterocycles. The van der Waals surface area contributed by atoms with Gasteiger partial charge < -0.3 is 15.0 Å². The van der Waals surface area contributed by atoms with Crippen molar-refractivity contribution >= 4 is 5.91 Å². The molecule has 0 bridgehead atoms. The van der Waals surface area contributed by atoms with Crippen molar-refractivity contribution < 1.29 is 9.53 Å². The van der Waals surface area contributed by atoms with Crippen LogP contribution in [-0.4, -0.2) is 48.2 Å². The largest absolute Gasteiger partial charge is 0.381 e. The fourth-order valence-corrected chi connectivity index (χ4v) is 3.05.